The normalized spacial score (nSPS) is 15.6. The summed E-state index contributed by atoms with van der Waals surface area (Å²) in [7, 11) is 0. The molecule has 0 saturated heterocycles. The highest BCUT2D eigenvalue weighted by atomic mass is 16.2. The summed E-state index contributed by atoms with van der Waals surface area (Å²) in [5.74, 6) is -1.97. The summed E-state index contributed by atoms with van der Waals surface area (Å²) in [6.07, 6.45) is 10.3. The van der Waals surface area contributed by atoms with E-state index in [9.17, 15) is 28.8 Å². The zero-order chi connectivity index (χ0) is 20.1. The fourth-order valence-corrected chi connectivity index (χ4v) is 1.27. The molecule has 0 aliphatic carbocycles. The summed E-state index contributed by atoms with van der Waals surface area (Å²) in [6, 6.07) is 1.72. The minimum atomic E-state index is -0.329. The Hall–Kier alpha value is -4.35. The van der Waals surface area contributed by atoms with Crippen LogP contribution >= 0.6 is 0 Å². The molecule has 0 atom stereocenters. The van der Waals surface area contributed by atoms with Gasteiger partial charge in [-0.3, -0.25) is 44.7 Å². The minimum Gasteiger partial charge on any atom is -0.289 e. The summed E-state index contributed by atoms with van der Waals surface area (Å²) in [6.45, 7) is 0. The van der Waals surface area contributed by atoms with Crippen LogP contribution in [0.1, 0.15) is 0 Å². The highest BCUT2D eigenvalue weighted by molar-refractivity contribution is 6.13. The molecular weight excluding hydrogens is 360 g/mol. The van der Waals surface area contributed by atoms with E-state index in [0.717, 1.165) is 0 Å². The quantitative estimate of drug-likeness (QED) is 0.414. The lowest BCUT2D eigenvalue weighted by atomic mass is 10.6. The van der Waals surface area contributed by atoms with Crippen molar-refractivity contribution in [3.8, 4) is 0 Å². The summed E-state index contributed by atoms with van der Waals surface area (Å²) >= 11 is 0. The molecule has 6 amide bonds. The number of carbonyl (C=O) groups excluding carboxylic acids is 6. The number of aromatic nitrogens is 3. The van der Waals surface area contributed by atoms with Gasteiger partial charge in [-0.1, -0.05) is 0 Å². The Bertz CT molecular complexity index is 670. The number of carbonyl (C=O) groups is 6. The smallest absolute Gasteiger partial charge is 0.250 e. The first-order chi connectivity index (χ1) is 12.9. The van der Waals surface area contributed by atoms with Crippen molar-refractivity contribution in [2.24, 2.45) is 0 Å². The molecule has 0 fully saturated rings. The van der Waals surface area contributed by atoms with Crippen molar-refractivity contribution < 1.29 is 28.8 Å². The van der Waals surface area contributed by atoms with Crippen LogP contribution in [0.15, 0.2) is 54.9 Å². The van der Waals surface area contributed by atoms with Gasteiger partial charge in [0.15, 0.2) is 0 Å². The fourth-order valence-electron chi connectivity index (χ4n) is 1.27. The van der Waals surface area contributed by atoms with Gasteiger partial charge in [-0.25, -0.2) is 0 Å². The molecule has 3 aliphatic rings. The van der Waals surface area contributed by atoms with Crippen LogP contribution in [0.25, 0.3) is 0 Å². The van der Waals surface area contributed by atoms with Crippen LogP contribution in [0.3, 0.4) is 0 Å². The average molecular weight is 372 g/mol. The van der Waals surface area contributed by atoms with Crippen molar-refractivity contribution in [3.05, 3.63) is 54.9 Å². The van der Waals surface area contributed by atoms with Crippen molar-refractivity contribution in [2.75, 3.05) is 0 Å². The van der Waals surface area contributed by atoms with Crippen LogP contribution in [0.2, 0.25) is 0 Å². The van der Waals surface area contributed by atoms with Gasteiger partial charge >= 0.3 is 0 Å². The predicted molar refractivity (Wildman–Crippen MR) is 86.7 cm³/mol. The maximum atomic E-state index is 10.0. The van der Waals surface area contributed by atoms with E-state index in [-0.39, 0.29) is 35.4 Å². The second-order valence-electron chi connectivity index (χ2n) is 4.37. The Morgan fingerprint density at radius 2 is 0.741 bits per heavy atom. The molecule has 3 aliphatic heterocycles. The highest BCUT2D eigenvalue weighted by Gasteiger charge is 2.08. The van der Waals surface area contributed by atoms with Crippen molar-refractivity contribution >= 4 is 35.4 Å². The van der Waals surface area contributed by atoms with Gasteiger partial charge in [-0.2, -0.15) is 0 Å². The van der Waals surface area contributed by atoms with Crippen LogP contribution in [0.4, 0.5) is 0 Å². The molecule has 0 spiro atoms. The first-order valence-corrected chi connectivity index (χ1v) is 7.04. The lowest BCUT2D eigenvalue weighted by Gasteiger charge is -1.80. The van der Waals surface area contributed by atoms with E-state index in [1.807, 2.05) is 16.0 Å². The van der Waals surface area contributed by atoms with Crippen molar-refractivity contribution in [1.29, 1.82) is 0 Å². The Balaban J connectivity index is 0.000000180. The Morgan fingerprint density at radius 1 is 0.481 bits per heavy atom. The zero-order valence-electron chi connectivity index (χ0n) is 13.5. The molecule has 12 nitrogen and oxygen atoms in total. The minimum absolute atomic E-state index is 0.329. The molecule has 0 bridgehead atoms. The average Bonchev–Trinajstić information content (AvgIpc) is 3.33. The van der Waals surface area contributed by atoms with E-state index in [0.29, 0.717) is 0 Å². The molecule has 1 aromatic heterocycles. The Labute approximate surface area is 151 Å². The molecule has 3 N–H and O–H groups in total. The van der Waals surface area contributed by atoms with Crippen LogP contribution in [-0.4, -0.2) is 50.9 Å². The monoisotopic (exact) mass is 372 g/mol. The molecule has 0 unspecified atom stereocenters. The fraction of sp³-hybridized carbons (Fsp3) is 0. The zero-order valence-corrected chi connectivity index (χ0v) is 13.5. The molecule has 4 heterocycles. The van der Waals surface area contributed by atoms with Gasteiger partial charge in [0, 0.05) is 36.5 Å². The summed E-state index contributed by atoms with van der Waals surface area (Å²) in [5, 5.41) is 16.2. The lowest BCUT2D eigenvalue weighted by molar-refractivity contribution is -0.125. The highest BCUT2D eigenvalue weighted by Crippen LogP contribution is 1.83. The SMILES string of the molecule is O=C1C=CC(=O)N1.O=C1C=CC(=O)N1.O=C1C=CC(=O)N1.c1cnnnc1. The van der Waals surface area contributed by atoms with Crippen molar-refractivity contribution in [2.45, 2.75) is 0 Å². The molecule has 12 heteroatoms. The molecule has 27 heavy (non-hydrogen) atoms. The number of nitrogens with zero attached hydrogens (tertiary/aromatic N) is 3. The van der Waals surface area contributed by atoms with E-state index in [2.05, 4.69) is 15.4 Å². The second kappa shape index (κ2) is 11.2. The topological polar surface area (TPSA) is 177 Å². The first kappa shape index (κ1) is 20.7. The number of rotatable bonds is 0. The number of imide groups is 3. The van der Waals surface area contributed by atoms with E-state index >= 15 is 0 Å². The van der Waals surface area contributed by atoms with Gasteiger partial charge in [-0.15, -0.1) is 10.2 Å². The molecular formula is C15H12N6O6. The van der Waals surface area contributed by atoms with Gasteiger partial charge < -0.3 is 0 Å². The largest absolute Gasteiger partial charge is 0.289 e. The molecule has 1 aromatic rings. The van der Waals surface area contributed by atoms with Crippen molar-refractivity contribution in [3.63, 3.8) is 0 Å². The third-order valence-electron chi connectivity index (χ3n) is 2.31. The summed E-state index contributed by atoms with van der Waals surface area (Å²) in [4.78, 5) is 60.2. The molecule has 4 rings (SSSR count). The number of hydrogen-bond acceptors (Lipinski definition) is 9. The third kappa shape index (κ3) is 10.2. The Morgan fingerprint density at radius 3 is 0.815 bits per heavy atom. The second-order valence-corrected chi connectivity index (χ2v) is 4.37. The lowest BCUT2D eigenvalue weighted by Crippen LogP contribution is -2.19. The van der Waals surface area contributed by atoms with E-state index in [1.54, 1.807) is 18.5 Å². The third-order valence-corrected chi connectivity index (χ3v) is 2.31. The maximum absolute atomic E-state index is 10.0. The van der Waals surface area contributed by atoms with Crippen LogP contribution in [0.5, 0.6) is 0 Å². The van der Waals surface area contributed by atoms with Gasteiger partial charge in [0.05, 0.1) is 12.4 Å². The number of hydrogen-bond donors (Lipinski definition) is 3. The predicted octanol–water partition coefficient (Wildman–Crippen LogP) is -2.53. The van der Waals surface area contributed by atoms with Gasteiger partial charge in [-0.05, 0) is 11.3 Å². The summed E-state index contributed by atoms with van der Waals surface area (Å²) in [5.41, 5.74) is 0. The van der Waals surface area contributed by atoms with E-state index in [4.69, 9.17) is 0 Å². The van der Waals surface area contributed by atoms with Crippen LogP contribution in [0, 0.1) is 0 Å². The van der Waals surface area contributed by atoms with Crippen LogP contribution in [-0.2, 0) is 28.8 Å². The number of amides is 6. The van der Waals surface area contributed by atoms with Gasteiger partial charge in [0.1, 0.15) is 0 Å². The molecule has 138 valence electrons. The van der Waals surface area contributed by atoms with Crippen molar-refractivity contribution in [1.82, 2.24) is 31.4 Å². The van der Waals surface area contributed by atoms with E-state index < -0.39 is 0 Å². The standard InChI is InChI=1S/3C4H3NO2.C3H3N3/c3*6-3-1-2-4(7)5-3;1-2-4-6-5-3-1/h3*1-2H,(H,5,6,7);1-3H. The molecule has 0 aromatic carbocycles. The van der Waals surface area contributed by atoms with Gasteiger partial charge in [0.2, 0.25) is 0 Å². The Kier molecular flexibility index (Phi) is 8.62. The first-order valence-electron chi connectivity index (χ1n) is 7.04. The molecule has 0 saturated carbocycles. The number of nitrogens with one attached hydrogen (secondary N) is 3. The van der Waals surface area contributed by atoms with Gasteiger partial charge in [0.25, 0.3) is 35.4 Å². The summed E-state index contributed by atoms with van der Waals surface area (Å²) < 4.78 is 0. The maximum Gasteiger partial charge on any atom is 0.250 e. The van der Waals surface area contributed by atoms with Crippen LogP contribution < -0.4 is 16.0 Å². The molecule has 0 radical (unpaired) electrons. The van der Waals surface area contributed by atoms with E-state index in [1.165, 1.54) is 36.5 Å².